The van der Waals surface area contributed by atoms with Gasteiger partial charge in [-0.15, -0.1) is 0 Å². The van der Waals surface area contributed by atoms with E-state index in [1.165, 1.54) is 6.42 Å². The van der Waals surface area contributed by atoms with Crippen LogP contribution >= 0.6 is 0 Å². The number of hydrogen-bond donors (Lipinski definition) is 3. The Morgan fingerprint density at radius 3 is 3.06 bits per heavy atom. The van der Waals surface area contributed by atoms with Crippen molar-refractivity contribution in [3.05, 3.63) is 29.5 Å². The van der Waals surface area contributed by atoms with Gasteiger partial charge < -0.3 is 15.4 Å². The number of phenols is 1. The molecule has 0 bridgehead atoms. The third-order valence-electron chi connectivity index (χ3n) is 3.66. The lowest BCUT2D eigenvalue weighted by Gasteiger charge is -2.10. The Morgan fingerprint density at radius 2 is 2.29 bits per heavy atom. The van der Waals surface area contributed by atoms with Crippen molar-refractivity contribution in [2.24, 2.45) is 5.92 Å². The average molecular weight is 230 g/mol. The number of H-pyrrole nitrogens is 1. The summed E-state index contributed by atoms with van der Waals surface area (Å²) >= 11 is 0. The molecule has 0 aliphatic carbocycles. The van der Waals surface area contributed by atoms with E-state index in [-0.39, 0.29) is 0 Å². The standard InChI is InChI=1S/C14H18N2O/c1-9-6-12-13(16-9)3-2-11(14(12)17)7-10-4-5-15-8-10/h2-3,6,10,15-17H,4-5,7-8H2,1H3. The van der Waals surface area contributed by atoms with Crippen molar-refractivity contribution in [1.29, 1.82) is 0 Å². The van der Waals surface area contributed by atoms with Crippen LogP contribution in [0, 0.1) is 12.8 Å². The molecule has 3 nitrogen and oxygen atoms in total. The molecule has 1 fully saturated rings. The molecule has 2 heterocycles. The highest BCUT2D eigenvalue weighted by Crippen LogP contribution is 2.31. The summed E-state index contributed by atoms with van der Waals surface area (Å²) in [5.41, 5.74) is 3.19. The van der Waals surface area contributed by atoms with Crippen LogP contribution in [0.1, 0.15) is 17.7 Å². The highest BCUT2D eigenvalue weighted by Gasteiger charge is 2.17. The minimum atomic E-state index is 0.457. The zero-order chi connectivity index (χ0) is 11.8. The molecule has 0 spiro atoms. The van der Waals surface area contributed by atoms with Gasteiger partial charge in [0.25, 0.3) is 0 Å². The summed E-state index contributed by atoms with van der Waals surface area (Å²) in [6.07, 6.45) is 2.18. The Hall–Kier alpha value is -1.48. The van der Waals surface area contributed by atoms with Gasteiger partial charge in [-0.2, -0.15) is 0 Å². The summed E-state index contributed by atoms with van der Waals surface area (Å²) in [5, 5.41) is 14.6. The molecule has 1 aromatic carbocycles. The molecule has 1 saturated heterocycles. The van der Waals surface area contributed by atoms with Crippen LogP contribution in [-0.2, 0) is 6.42 Å². The number of hydrogen-bond acceptors (Lipinski definition) is 2. The van der Waals surface area contributed by atoms with Crippen LogP contribution < -0.4 is 5.32 Å². The molecule has 1 aliphatic rings. The first-order chi connectivity index (χ1) is 8.24. The van der Waals surface area contributed by atoms with Crippen molar-refractivity contribution in [3.8, 4) is 5.75 Å². The number of aromatic nitrogens is 1. The number of rotatable bonds is 2. The number of nitrogens with one attached hydrogen (secondary N) is 2. The second-order valence-electron chi connectivity index (χ2n) is 5.05. The number of phenolic OH excluding ortho intramolecular Hbond substituents is 1. The van der Waals surface area contributed by atoms with Crippen molar-refractivity contribution in [2.75, 3.05) is 13.1 Å². The van der Waals surface area contributed by atoms with E-state index in [2.05, 4.69) is 16.4 Å². The number of aromatic amines is 1. The summed E-state index contributed by atoms with van der Waals surface area (Å²) in [5.74, 6) is 1.12. The SMILES string of the molecule is Cc1cc2c(O)c(CC3CCNC3)ccc2[nH]1. The topological polar surface area (TPSA) is 48.0 Å². The molecule has 0 saturated carbocycles. The molecule has 3 rings (SSSR count). The van der Waals surface area contributed by atoms with Crippen molar-refractivity contribution >= 4 is 10.9 Å². The van der Waals surface area contributed by atoms with Gasteiger partial charge in [-0.3, -0.25) is 0 Å². The zero-order valence-electron chi connectivity index (χ0n) is 10.1. The van der Waals surface area contributed by atoms with E-state index >= 15 is 0 Å². The Bertz CT molecular complexity index is 538. The summed E-state index contributed by atoms with van der Waals surface area (Å²) in [7, 11) is 0. The first kappa shape index (κ1) is 10.7. The predicted molar refractivity (Wildman–Crippen MR) is 69.4 cm³/mol. The van der Waals surface area contributed by atoms with Crippen LogP contribution in [0.4, 0.5) is 0 Å². The van der Waals surface area contributed by atoms with Crippen LogP contribution in [0.3, 0.4) is 0 Å². The fourth-order valence-corrected chi connectivity index (χ4v) is 2.74. The summed E-state index contributed by atoms with van der Waals surface area (Å²) < 4.78 is 0. The van der Waals surface area contributed by atoms with E-state index in [0.717, 1.165) is 41.7 Å². The maximum Gasteiger partial charge on any atom is 0.128 e. The summed E-state index contributed by atoms with van der Waals surface area (Å²) in [4.78, 5) is 3.25. The van der Waals surface area contributed by atoms with Gasteiger partial charge >= 0.3 is 0 Å². The number of benzene rings is 1. The predicted octanol–water partition coefficient (Wildman–Crippen LogP) is 2.33. The van der Waals surface area contributed by atoms with Crippen molar-refractivity contribution in [2.45, 2.75) is 19.8 Å². The molecule has 1 atom stereocenters. The normalized spacial score (nSPS) is 20.2. The molecular weight excluding hydrogens is 212 g/mol. The van der Waals surface area contributed by atoms with E-state index in [0.29, 0.717) is 11.7 Å². The van der Waals surface area contributed by atoms with E-state index in [1.807, 2.05) is 19.1 Å². The number of aromatic hydroxyl groups is 1. The molecular formula is C14H18N2O. The van der Waals surface area contributed by atoms with Crippen LogP contribution in [0.2, 0.25) is 0 Å². The van der Waals surface area contributed by atoms with Crippen molar-refractivity contribution in [3.63, 3.8) is 0 Å². The average Bonchev–Trinajstić information content (AvgIpc) is 2.91. The summed E-state index contributed by atoms with van der Waals surface area (Å²) in [6.45, 7) is 4.20. The van der Waals surface area contributed by atoms with Crippen LogP contribution in [0.5, 0.6) is 5.75 Å². The second kappa shape index (κ2) is 4.08. The van der Waals surface area contributed by atoms with Gasteiger partial charge in [0, 0.05) is 16.6 Å². The second-order valence-corrected chi connectivity index (χ2v) is 5.05. The zero-order valence-corrected chi connectivity index (χ0v) is 10.1. The molecule has 0 amide bonds. The molecule has 1 unspecified atom stereocenters. The van der Waals surface area contributed by atoms with Crippen molar-refractivity contribution in [1.82, 2.24) is 10.3 Å². The largest absolute Gasteiger partial charge is 0.507 e. The van der Waals surface area contributed by atoms with Crippen molar-refractivity contribution < 1.29 is 5.11 Å². The third kappa shape index (κ3) is 1.91. The Balaban J connectivity index is 1.95. The first-order valence-corrected chi connectivity index (χ1v) is 6.25. The first-order valence-electron chi connectivity index (χ1n) is 6.25. The highest BCUT2D eigenvalue weighted by molar-refractivity contribution is 5.87. The lowest BCUT2D eigenvalue weighted by Crippen LogP contribution is -2.10. The van der Waals surface area contributed by atoms with Gasteiger partial charge in [-0.25, -0.2) is 0 Å². The quantitative estimate of drug-likeness (QED) is 0.741. The molecule has 17 heavy (non-hydrogen) atoms. The van der Waals surface area contributed by atoms with E-state index in [9.17, 15) is 5.11 Å². The van der Waals surface area contributed by atoms with Crippen LogP contribution in [-0.4, -0.2) is 23.2 Å². The minimum Gasteiger partial charge on any atom is -0.507 e. The fraction of sp³-hybridized carbons (Fsp3) is 0.429. The van der Waals surface area contributed by atoms with Gasteiger partial charge in [0.15, 0.2) is 0 Å². The van der Waals surface area contributed by atoms with Gasteiger partial charge in [-0.1, -0.05) is 6.07 Å². The Labute approximate surface area is 101 Å². The lowest BCUT2D eigenvalue weighted by atomic mass is 9.97. The monoisotopic (exact) mass is 230 g/mol. The van der Waals surface area contributed by atoms with E-state index in [4.69, 9.17) is 0 Å². The maximum absolute atomic E-state index is 10.3. The van der Waals surface area contributed by atoms with Gasteiger partial charge in [-0.05, 0) is 56.5 Å². The lowest BCUT2D eigenvalue weighted by molar-refractivity contribution is 0.465. The Morgan fingerprint density at radius 1 is 1.41 bits per heavy atom. The highest BCUT2D eigenvalue weighted by atomic mass is 16.3. The fourth-order valence-electron chi connectivity index (χ4n) is 2.74. The van der Waals surface area contributed by atoms with Crippen LogP contribution in [0.25, 0.3) is 10.9 Å². The molecule has 1 aliphatic heterocycles. The maximum atomic E-state index is 10.3. The number of fused-ring (bicyclic) bond motifs is 1. The molecule has 3 N–H and O–H groups in total. The Kier molecular flexibility index (Phi) is 2.56. The summed E-state index contributed by atoms with van der Waals surface area (Å²) in [6, 6.07) is 6.13. The molecule has 90 valence electrons. The molecule has 0 radical (unpaired) electrons. The van der Waals surface area contributed by atoms with E-state index in [1.54, 1.807) is 0 Å². The minimum absolute atomic E-state index is 0.457. The van der Waals surface area contributed by atoms with E-state index < -0.39 is 0 Å². The van der Waals surface area contributed by atoms with Gasteiger partial charge in [0.1, 0.15) is 5.75 Å². The molecule has 1 aromatic heterocycles. The van der Waals surface area contributed by atoms with Crippen LogP contribution in [0.15, 0.2) is 18.2 Å². The van der Waals surface area contributed by atoms with Gasteiger partial charge in [0.2, 0.25) is 0 Å². The smallest absolute Gasteiger partial charge is 0.128 e. The molecule has 3 heteroatoms. The van der Waals surface area contributed by atoms with Gasteiger partial charge in [0.05, 0.1) is 0 Å². The number of aryl methyl sites for hydroxylation is 1. The third-order valence-corrected chi connectivity index (χ3v) is 3.66. The molecule has 2 aromatic rings.